The van der Waals surface area contributed by atoms with Crippen molar-refractivity contribution in [2.75, 3.05) is 59.5 Å². The van der Waals surface area contributed by atoms with Crippen LogP contribution >= 0.6 is 0 Å². The van der Waals surface area contributed by atoms with E-state index >= 15 is 0 Å². The molecule has 1 aromatic carbocycles. The Morgan fingerprint density at radius 1 is 1.04 bits per heavy atom. The third-order valence-corrected chi connectivity index (χ3v) is 5.30. The molecule has 24 heavy (non-hydrogen) atoms. The molecule has 2 fully saturated rings. The Morgan fingerprint density at radius 3 is 2.50 bits per heavy atom. The van der Waals surface area contributed by atoms with Crippen LogP contribution in [0.2, 0.25) is 0 Å². The molecule has 0 spiro atoms. The normalized spacial score (nSPS) is 23.7. The highest BCUT2D eigenvalue weighted by molar-refractivity contribution is 5.14. The SMILES string of the molecule is CN(CCN1CCN(Cc2ccccc2)CC1)CC1CCCCO1. The van der Waals surface area contributed by atoms with Crippen LogP contribution in [0.1, 0.15) is 24.8 Å². The fourth-order valence-corrected chi connectivity index (χ4v) is 3.72. The molecule has 0 aliphatic carbocycles. The van der Waals surface area contributed by atoms with E-state index in [-0.39, 0.29) is 0 Å². The van der Waals surface area contributed by atoms with Gasteiger partial charge in [0, 0.05) is 59.0 Å². The Labute approximate surface area is 147 Å². The number of piperazine rings is 1. The van der Waals surface area contributed by atoms with E-state index in [9.17, 15) is 0 Å². The predicted octanol–water partition coefficient (Wildman–Crippen LogP) is 2.31. The van der Waals surface area contributed by atoms with Gasteiger partial charge in [-0.1, -0.05) is 30.3 Å². The molecule has 0 saturated carbocycles. The standard InChI is InChI=1S/C20H33N3O/c1-21(18-20-9-5-6-16-24-20)10-11-22-12-14-23(15-13-22)17-19-7-3-2-4-8-19/h2-4,7-8,20H,5-6,9-18H2,1H3. The average molecular weight is 332 g/mol. The van der Waals surface area contributed by atoms with E-state index in [1.54, 1.807) is 0 Å². The highest BCUT2D eigenvalue weighted by Crippen LogP contribution is 2.13. The Balaban J connectivity index is 1.30. The van der Waals surface area contributed by atoms with Crippen LogP contribution in [0.3, 0.4) is 0 Å². The first kappa shape index (κ1) is 17.9. The van der Waals surface area contributed by atoms with Crippen molar-refractivity contribution in [3.63, 3.8) is 0 Å². The summed E-state index contributed by atoms with van der Waals surface area (Å²) < 4.78 is 5.85. The maximum absolute atomic E-state index is 5.85. The minimum atomic E-state index is 0.464. The molecule has 2 aliphatic heterocycles. The van der Waals surface area contributed by atoms with E-state index in [2.05, 4.69) is 52.1 Å². The lowest BCUT2D eigenvalue weighted by atomic mass is 10.1. The zero-order chi connectivity index (χ0) is 16.6. The lowest BCUT2D eigenvalue weighted by Crippen LogP contribution is -2.48. The van der Waals surface area contributed by atoms with Crippen LogP contribution < -0.4 is 0 Å². The van der Waals surface area contributed by atoms with Gasteiger partial charge in [0.15, 0.2) is 0 Å². The number of hydrogen-bond donors (Lipinski definition) is 0. The van der Waals surface area contributed by atoms with Crippen LogP contribution in [0, 0.1) is 0 Å². The number of nitrogens with zero attached hydrogens (tertiary/aromatic N) is 3. The molecule has 1 atom stereocenters. The molecule has 0 radical (unpaired) electrons. The second kappa shape index (κ2) is 9.52. The highest BCUT2D eigenvalue weighted by Gasteiger charge is 2.19. The third-order valence-electron chi connectivity index (χ3n) is 5.30. The molecule has 3 rings (SSSR count). The highest BCUT2D eigenvalue weighted by atomic mass is 16.5. The molecule has 0 N–H and O–H groups in total. The Kier molecular flexibility index (Phi) is 7.09. The molecule has 2 saturated heterocycles. The fraction of sp³-hybridized carbons (Fsp3) is 0.700. The van der Waals surface area contributed by atoms with Crippen molar-refractivity contribution in [3.05, 3.63) is 35.9 Å². The van der Waals surface area contributed by atoms with Crippen molar-refractivity contribution in [1.29, 1.82) is 0 Å². The third kappa shape index (κ3) is 5.85. The van der Waals surface area contributed by atoms with Crippen molar-refractivity contribution in [2.45, 2.75) is 31.9 Å². The number of rotatable bonds is 7. The van der Waals surface area contributed by atoms with Crippen molar-refractivity contribution in [1.82, 2.24) is 14.7 Å². The van der Waals surface area contributed by atoms with E-state index < -0.39 is 0 Å². The molecule has 0 bridgehead atoms. The van der Waals surface area contributed by atoms with Gasteiger partial charge < -0.3 is 9.64 Å². The van der Waals surface area contributed by atoms with Crippen LogP contribution in [0.25, 0.3) is 0 Å². The van der Waals surface area contributed by atoms with Crippen molar-refractivity contribution in [3.8, 4) is 0 Å². The van der Waals surface area contributed by atoms with Gasteiger partial charge in [-0.05, 0) is 31.9 Å². The summed E-state index contributed by atoms with van der Waals surface area (Å²) in [4.78, 5) is 7.64. The van der Waals surface area contributed by atoms with Crippen LogP contribution in [0.4, 0.5) is 0 Å². The zero-order valence-electron chi connectivity index (χ0n) is 15.2. The van der Waals surface area contributed by atoms with E-state index in [1.165, 1.54) is 57.5 Å². The summed E-state index contributed by atoms with van der Waals surface area (Å²) in [7, 11) is 2.24. The van der Waals surface area contributed by atoms with Crippen LogP contribution in [-0.2, 0) is 11.3 Å². The maximum Gasteiger partial charge on any atom is 0.0701 e. The maximum atomic E-state index is 5.85. The average Bonchev–Trinajstić information content (AvgIpc) is 2.63. The molecule has 0 aromatic heterocycles. The number of likely N-dealkylation sites (N-methyl/N-ethyl adjacent to an activating group) is 1. The van der Waals surface area contributed by atoms with Crippen molar-refractivity contribution in [2.24, 2.45) is 0 Å². The molecule has 2 heterocycles. The lowest BCUT2D eigenvalue weighted by molar-refractivity contribution is -0.00318. The van der Waals surface area contributed by atoms with Crippen molar-refractivity contribution >= 4 is 0 Å². The first-order valence-corrected chi connectivity index (χ1v) is 9.58. The quantitative estimate of drug-likeness (QED) is 0.763. The summed E-state index contributed by atoms with van der Waals surface area (Å²) in [6, 6.07) is 10.8. The van der Waals surface area contributed by atoms with Crippen LogP contribution in [0.5, 0.6) is 0 Å². The van der Waals surface area contributed by atoms with Crippen molar-refractivity contribution < 1.29 is 4.74 Å². The minimum absolute atomic E-state index is 0.464. The molecular weight excluding hydrogens is 298 g/mol. The van der Waals surface area contributed by atoms with Gasteiger partial charge in [-0.3, -0.25) is 9.80 Å². The molecule has 2 aliphatic rings. The summed E-state index contributed by atoms with van der Waals surface area (Å²) in [5, 5.41) is 0. The Bertz CT molecular complexity index is 453. The van der Waals surface area contributed by atoms with Gasteiger partial charge in [0.1, 0.15) is 0 Å². The van der Waals surface area contributed by atoms with Gasteiger partial charge in [0.05, 0.1) is 6.10 Å². The lowest BCUT2D eigenvalue weighted by Gasteiger charge is -2.36. The Morgan fingerprint density at radius 2 is 1.79 bits per heavy atom. The summed E-state index contributed by atoms with van der Waals surface area (Å²) >= 11 is 0. The molecular formula is C20H33N3O. The van der Waals surface area contributed by atoms with Gasteiger partial charge in [0.2, 0.25) is 0 Å². The van der Waals surface area contributed by atoms with E-state index in [0.717, 1.165) is 26.2 Å². The van der Waals surface area contributed by atoms with Crippen LogP contribution in [-0.4, -0.2) is 80.3 Å². The van der Waals surface area contributed by atoms with Crippen LogP contribution in [0.15, 0.2) is 30.3 Å². The van der Waals surface area contributed by atoms with Gasteiger partial charge in [-0.15, -0.1) is 0 Å². The topological polar surface area (TPSA) is 19.0 Å². The predicted molar refractivity (Wildman–Crippen MR) is 99.2 cm³/mol. The van der Waals surface area contributed by atoms with E-state index in [4.69, 9.17) is 4.74 Å². The van der Waals surface area contributed by atoms with Gasteiger partial charge in [-0.2, -0.15) is 0 Å². The summed E-state index contributed by atoms with van der Waals surface area (Å²) in [5.41, 5.74) is 1.43. The Hall–Kier alpha value is -0.940. The molecule has 1 unspecified atom stereocenters. The van der Waals surface area contributed by atoms with Gasteiger partial charge >= 0.3 is 0 Å². The first-order chi connectivity index (χ1) is 11.8. The summed E-state index contributed by atoms with van der Waals surface area (Å²) in [6.07, 6.45) is 4.28. The molecule has 4 nitrogen and oxygen atoms in total. The zero-order valence-corrected chi connectivity index (χ0v) is 15.2. The smallest absolute Gasteiger partial charge is 0.0701 e. The molecule has 1 aromatic rings. The monoisotopic (exact) mass is 331 g/mol. The van der Waals surface area contributed by atoms with Gasteiger partial charge in [0.25, 0.3) is 0 Å². The number of hydrogen-bond acceptors (Lipinski definition) is 4. The fourth-order valence-electron chi connectivity index (χ4n) is 3.72. The molecule has 4 heteroatoms. The summed E-state index contributed by atoms with van der Waals surface area (Å²) in [5.74, 6) is 0. The second-order valence-electron chi connectivity index (χ2n) is 7.35. The van der Waals surface area contributed by atoms with E-state index in [0.29, 0.717) is 6.10 Å². The van der Waals surface area contributed by atoms with E-state index in [1.807, 2.05) is 0 Å². The number of ether oxygens (including phenoxy) is 1. The minimum Gasteiger partial charge on any atom is -0.377 e. The molecule has 0 amide bonds. The first-order valence-electron chi connectivity index (χ1n) is 9.58. The second-order valence-corrected chi connectivity index (χ2v) is 7.35. The van der Waals surface area contributed by atoms with Gasteiger partial charge in [-0.25, -0.2) is 0 Å². The largest absolute Gasteiger partial charge is 0.377 e. The summed E-state index contributed by atoms with van der Waals surface area (Å²) in [6.45, 7) is 10.2. The number of benzene rings is 1. The molecule has 134 valence electrons.